The van der Waals surface area contributed by atoms with Gasteiger partial charge in [-0.2, -0.15) is 0 Å². The van der Waals surface area contributed by atoms with E-state index in [1.165, 1.54) is 28.6 Å². The molecule has 5 nitrogen and oxygen atoms in total. The van der Waals surface area contributed by atoms with Crippen molar-refractivity contribution in [2.24, 2.45) is 0 Å². The van der Waals surface area contributed by atoms with Crippen molar-refractivity contribution in [3.8, 4) is 11.4 Å². The molecule has 1 aromatic carbocycles. The van der Waals surface area contributed by atoms with Crippen molar-refractivity contribution in [2.45, 2.75) is 17.8 Å². The second-order valence-electron chi connectivity index (χ2n) is 4.48. The molecule has 0 aliphatic heterocycles. The lowest BCUT2D eigenvalue weighted by atomic mass is 10.2. The highest BCUT2D eigenvalue weighted by atomic mass is 32.2. The van der Waals surface area contributed by atoms with Gasteiger partial charge in [-0.15, -0.1) is 10.2 Å². The maximum absolute atomic E-state index is 12.9. The number of aryl methyl sites for hydroxylation is 1. The summed E-state index contributed by atoms with van der Waals surface area (Å²) in [6, 6.07) is 8.14. The highest BCUT2D eigenvalue weighted by Crippen LogP contribution is 2.26. The van der Waals surface area contributed by atoms with E-state index in [-0.39, 0.29) is 5.82 Å². The molecule has 7 heteroatoms. The van der Waals surface area contributed by atoms with Crippen molar-refractivity contribution in [3.05, 3.63) is 53.7 Å². The molecule has 0 saturated heterocycles. The lowest BCUT2D eigenvalue weighted by Gasteiger charge is -2.03. The molecule has 0 unspecified atom stereocenters. The molecule has 3 aromatic rings. The lowest BCUT2D eigenvalue weighted by molar-refractivity contribution is 0.535. The van der Waals surface area contributed by atoms with Crippen LogP contribution in [0.5, 0.6) is 0 Å². The van der Waals surface area contributed by atoms with Crippen molar-refractivity contribution in [1.82, 2.24) is 14.9 Å². The van der Waals surface area contributed by atoms with Gasteiger partial charge in [0.1, 0.15) is 11.6 Å². The first kappa shape index (κ1) is 13.7. The van der Waals surface area contributed by atoms with Crippen molar-refractivity contribution in [2.75, 3.05) is 5.84 Å². The fourth-order valence-electron chi connectivity index (χ4n) is 1.90. The van der Waals surface area contributed by atoms with Gasteiger partial charge in [0.15, 0.2) is 5.82 Å². The minimum absolute atomic E-state index is 0.247. The molecule has 21 heavy (non-hydrogen) atoms. The average Bonchev–Trinajstić information content (AvgIpc) is 3.04. The molecule has 0 saturated carbocycles. The van der Waals surface area contributed by atoms with Crippen LogP contribution >= 0.6 is 11.8 Å². The fraction of sp³-hybridized carbons (Fsp3) is 0.143. The Morgan fingerprint density at radius 3 is 2.67 bits per heavy atom. The average molecular weight is 304 g/mol. The van der Waals surface area contributed by atoms with E-state index < -0.39 is 0 Å². The zero-order valence-corrected chi connectivity index (χ0v) is 12.1. The van der Waals surface area contributed by atoms with Gasteiger partial charge < -0.3 is 10.3 Å². The van der Waals surface area contributed by atoms with Crippen molar-refractivity contribution < 1.29 is 8.81 Å². The Balaban J connectivity index is 1.77. The second kappa shape index (κ2) is 5.61. The topological polar surface area (TPSA) is 69.9 Å². The monoisotopic (exact) mass is 304 g/mol. The Kier molecular flexibility index (Phi) is 3.66. The third-order valence-corrected chi connectivity index (χ3v) is 4.06. The number of hydrogen-bond acceptors (Lipinski definition) is 5. The Morgan fingerprint density at radius 2 is 2.00 bits per heavy atom. The van der Waals surface area contributed by atoms with Crippen LogP contribution in [0.1, 0.15) is 11.3 Å². The molecule has 108 valence electrons. The molecular formula is C14H13FN4OS. The van der Waals surface area contributed by atoms with Crippen molar-refractivity contribution in [1.29, 1.82) is 0 Å². The molecule has 0 spiro atoms. The SMILES string of the molecule is Cc1occc1-c1nnc(SCc2ccc(F)cc2)n1N. The Hall–Kier alpha value is -2.28. The zero-order chi connectivity index (χ0) is 14.8. The fourth-order valence-corrected chi connectivity index (χ4v) is 2.72. The first-order valence-corrected chi connectivity index (χ1v) is 7.26. The number of halogens is 1. The normalized spacial score (nSPS) is 11.0. The van der Waals surface area contributed by atoms with E-state index in [9.17, 15) is 4.39 Å². The zero-order valence-electron chi connectivity index (χ0n) is 11.3. The van der Waals surface area contributed by atoms with Crippen LogP contribution in [-0.2, 0) is 5.75 Å². The summed E-state index contributed by atoms with van der Waals surface area (Å²) < 4.78 is 19.5. The van der Waals surface area contributed by atoms with E-state index >= 15 is 0 Å². The molecule has 2 N–H and O–H groups in total. The Labute approximate surface area is 124 Å². The number of hydrogen-bond donors (Lipinski definition) is 1. The number of rotatable bonds is 4. The molecule has 0 bridgehead atoms. The van der Waals surface area contributed by atoms with E-state index in [4.69, 9.17) is 10.3 Å². The van der Waals surface area contributed by atoms with E-state index in [1.54, 1.807) is 24.5 Å². The lowest BCUT2D eigenvalue weighted by Crippen LogP contribution is -2.11. The number of aromatic nitrogens is 3. The van der Waals surface area contributed by atoms with Crippen LogP contribution < -0.4 is 5.84 Å². The van der Waals surface area contributed by atoms with Crippen LogP contribution in [0.4, 0.5) is 4.39 Å². The summed E-state index contributed by atoms with van der Waals surface area (Å²) in [6.07, 6.45) is 1.59. The summed E-state index contributed by atoms with van der Waals surface area (Å²) in [5, 5.41) is 8.77. The summed E-state index contributed by atoms with van der Waals surface area (Å²) in [5.74, 6) is 7.71. The highest BCUT2D eigenvalue weighted by molar-refractivity contribution is 7.98. The Bertz CT molecular complexity index is 751. The second-order valence-corrected chi connectivity index (χ2v) is 5.42. The smallest absolute Gasteiger partial charge is 0.210 e. The van der Waals surface area contributed by atoms with Gasteiger partial charge in [0.05, 0.1) is 11.8 Å². The molecule has 0 radical (unpaired) electrons. The number of benzene rings is 1. The quantitative estimate of drug-likeness (QED) is 0.592. The number of furan rings is 1. The number of nitrogen functional groups attached to an aromatic ring is 1. The molecule has 3 rings (SSSR count). The van der Waals surface area contributed by atoms with E-state index in [0.29, 0.717) is 16.7 Å². The van der Waals surface area contributed by atoms with Crippen LogP contribution in [-0.4, -0.2) is 14.9 Å². The molecule has 2 heterocycles. The number of nitrogens with two attached hydrogens (primary N) is 1. The molecule has 2 aromatic heterocycles. The van der Waals surface area contributed by atoms with Crippen LogP contribution in [0.25, 0.3) is 11.4 Å². The first-order valence-electron chi connectivity index (χ1n) is 6.27. The first-order chi connectivity index (χ1) is 10.1. The minimum Gasteiger partial charge on any atom is -0.469 e. The Morgan fingerprint density at radius 1 is 1.24 bits per heavy atom. The van der Waals surface area contributed by atoms with Crippen molar-refractivity contribution >= 4 is 11.8 Å². The van der Waals surface area contributed by atoms with Gasteiger partial charge in [0.2, 0.25) is 5.16 Å². The standard InChI is InChI=1S/C14H13FN4OS/c1-9-12(6-7-20-9)13-17-18-14(19(13)16)21-8-10-2-4-11(15)5-3-10/h2-7H,8,16H2,1H3. The third kappa shape index (κ3) is 2.78. The molecule has 0 amide bonds. The van der Waals surface area contributed by atoms with Crippen LogP contribution in [0, 0.1) is 12.7 Å². The predicted molar refractivity (Wildman–Crippen MR) is 78.6 cm³/mol. The van der Waals surface area contributed by atoms with E-state index in [0.717, 1.165) is 16.9 Å². The maximum Gasteiger partial charge on any atom is 0.210 e. The largest absolute Gasteiger partial charge is 0.469 e. The number of nitrogens with zero attached hydrogens (tertiary/aromatic N) is 3. The summed E-state index contributed by atoms with van der Waals surface area (Å²) in [6.45, 7) is 1.84. The molecule has 0 fully saturated rings. The summed E-state index contributed by atoms with van der Waals surface area (Å²) >= 11 is 1.44. The van der Waals surface area contributed by atoms with E-state index in [2.05, 4.69) is 10.2 Å². The summed E-state index contributed by atoms with van der Waals surface area (Å²) in [7, 11) is 0. The molecule has 0 aliphatic rings. The molecule has 0 atom stereocenters. The van der Waals surface area contributed by atoms with Gasteiger partial charge in [0.25, 0.3) is 0 Å². The number of thioether (sulfide) groups is 1. The van der Waals surface area contributed by atoms with E-state index in [1.807, 2.05) is 6.92 Å². The van der Waals surface area contributed by atoms with Crippen molar-refractivity contribution in [3.63, 3.8) is 0 Å². The minimum atomic E-state index is -0.247. The van der Waals surface area contributed by atoms with Gasteiger partial charge >= 0.3 is 0 Å². The van der Waals surface area contributed by atoms with Gasteiger partial charge in [-0.05, 0) is 30.7 Å². The summed E-state index contributed by atoms with van der Waals surface area (Å²) in [5.41, 5.74) is 1.81. The third-order valence-electron chi connectivity index (χ3n) is 3.05. The molecular weight excluding hydrogens is 291 g/mol. The highest BCUT2D eigenvalue weighted by Gasteiger charge is 2.15. The van der Waals surface area contributed by atoms with Crippen LogP contribution in [0.3, 0.4) is 0 Å². The van der Waals surface area contributed by atoms with Gasteiger partial charge in [-0.25, -0.2) is 9.07 Å². The predicted octanol–water partition coefficient (Wildman–Crippen LogP) is 2.99. The van der Waals surface area contributed by atoms with Crippen LogP contribution in [0.2, 0.25) is 0 Å². The van der Waals surface area contributed by atoms with Gasteiger partial charge in [-0.1, -0.05) is 23.9 Å². The molecule has 0 aliphatic carbocycles. The van der Waals surface area contributed by atoms with Gasteiger partial charge in [0, 0.05) is 5.75 Å². The van der Waals surface area contributed by atoms with Gasteiger partial charge in [-0.3, -0.25) is 0 Å². The summed E-state index contributed by atoms with van der Waals surface area (Å²) in [4.78, 5) is 0. The van der Waals surface area contributed by atoms with Crippen LogP contribution in [0.15, 0.2) is 46.2 Å². The maximum atomic E-state index is 12.9.